The van der Waals surface area contributed by atoms with Crippen LogP contribution in [0.5, 0.6) is 5.75 Å². The molecular weight excluding hydrogens is 326 g/mol. The third kappa shape index (κ3) is 5.21. The lowest BCUT2D eigenvalue weighted by Gasteiger charge is -2.18. The van der Waals surface area contributed by atoms with Gasteiger partial charge in [-0.05, 0) is 34.0 Å². The van der Waals surface area contributed by atoms with Gasteiger partial charge in [0, 0.05) is 0 Å². The largest absolute Gasteiger partial charge is 0.492 e. The lowest BCUT2D eigenvalue weighted by Crippen LogP contribution is -2.44. The summed E-state index contributed by atoms with van der Waals surface area (Å²) in [5.74, 6) is -0.877. The van der Waals surface area contributed by atoms with Gasteiger partial charge in [-0.3, -0.25) is 4.79 Å². The minimum Gasteiger partial charge on any atom is -0.492 e. The van der Waals surface area contributed by atoms with E-state index in [0.717, 1.165) is 4.47 Å². The zero-order chi connectivity index (χ0) is 15.1. The van der Waals surface area contributed by atoms with Crippen LogP contribution in [0.3, 0.4) is 0 Å². The first kappa shape index (κ1) is 16.5. The molecule has 0 saturated heterocycles. The summed E-state index contributed by atoms with van der Waals surface area (Å²) in [6.07, 6.45) is 0.109. The third-order valence-corrected chi connectivity index (χ3v) is 3.33. The summed E-state index contributed by atoms with van der Waals surface area (Å²) < 4.78 is 6.27. The Morgan fingerprint density at radius 1 is 1.35 bits per heavy atom. The molecule has 0 aliphatic heterocycles. The standard InChI is InChI=1S/C14H18BrNO4/c1-9(2)13(14(18)19)16-12(17)7-8-20-11-6-4-3-5-10(11)15/h3-6,9,13H,7-8H2,1-2H3,(H,16,17)(H,18,19)/t13-/m0/s1. The number of amides is 1. The Kier molecular flexibility index (Phi) is 6.51. The van der Waals surface area contributed by atoms with E-state index in [4.69, 9.17) is 9.84 Å². The highest BCUT2D eigenvalue weighted by atomic mass is 79.9. The van der Waals surface area contributed by atoms with Gasteiger partial charge in [-0.2, -0.15) is 0 Å². The second kappa shape index (κ2) is 7.89. The molecule has 0 bridgehead atoms. The van der Waals surface area contributed by atoms with Gasteiger partial charge in [0.05, 0.1) is 17.5 Å². The second-order valence-corrected chi connectivity index (χ2v) is 5.51. The van der Waals surface area contributed by atoms with Crippen LogP contribution >= 0.6 is 15.9 Å². The highest BCUT2D eigenvalue weighted by molar-refractivity contribution is 9.10. The van der Waals surface area contributed by atoms with Crippen molar-refractivity contribution < 1.29 is 19.4 Å². The van der Waals surface area contributed by atoms with E-state index < -0.39 is 12.0 Å². The molecule has 1 aromatic rings. The molecule has 0 aromatic heterocycles. The van der Waals surface area contributed by atoms with E-state index in [1.807, 2.05) is 18.2 Å². The number of carbonyl (C=O) groups is 2. The van der Waals surface area contributed by atoms with E-state index in [1.54, 1.807) is 19.9 Å². The third-order valence-electron chi connectivity index (χ3n) is 2.67. The van der Waals surface area contributed by atoms with Gasteiger partial charge in [0.2, 0.25) is 5.91 Å². The van der Waals surface area contributed by atoms with E-state index in [-0.39, 0.29) is 24.9 Å². The van der Waals surface area contributed by atoms with Crippen molar-refractivity contribution in [2.75, 3.05) is 6.61 Å². The first-order valence-corrected chi connectivity index (χ1v) is 7.10. The van der Waals surface area contributed by atoms with Gasteiger partial charge in [0.1, 0.15) is 11.8 Å². The Labute approximate surface area is 126 Å². The molecule has 0 unspecified atom stereocenters. The number of hydrogen-bond donors (Lipinski definition) is 2. The Bertz CT molecular complexity index is 476. The number of halogens is 1. The smallest absolute Gasteiger partial charge is 0.326 e. The van der Waals surface area contributed by atoms with Crippen molar-refractivity contribution in [2.24, 2.45) is 5.92 Å². The number of hydrogen-bond acceptors (Lipinski definition) is 3. The first-order chi connectivity index (χ1) is 9.41. The zero-order valence-corrected chi connectivity index (χ0v) is 13.0. The molecule has 0 aliphatic carbocycles. The lowest BCUT2D eigenvalue weighted by atomic mass is 10.0. The second-order valence-electron chi connectivity index (χ2n) is 4.66. The fourth-order valence-corrected chi connectivity index (χ4v) is 1.97. The Morgan fingerprint density at radius 3 is 2.55 bits per heavy atom. The van der Waals surface area contributed by atoms with E-state index in [2.05, 4.69) is 21.2 Å². The molecule has 0 radical (unpaired) electrons. The summed E-state index contributed by atoms with van der Waals surface area (Å²) in [5.41, 5.74) is 0. The molecule has 20 heavy (non-hydrogen) atoms. The maximum Gasteiger partial charge on any atom is 0.326 e. The van der Waals surface area contributed by atoms with Crippen molar-refractivity contribution in [2.45, 2.75) is 26.3 Å². The molecule has 0 saturated carbocycles. The Hall–Kier alpha value is -1.56. The van der Waals surface area contributed by atoms with Crippen molar-refractivity contribution in [3.05, 3.63) is 28.7 Å². The molecule has 110 valence electrons. The van der Waals surface area contributed by atoms with E-state index in [1.165, 1.54) is 0 Å². The van der Waals surface area contributed by atoms with E-state index in [9.17, 15) is 9.59 Å². The predicted octanol–water partition coefficient (Wildman–Crippen LogP) is 2.44. The minimum atomic E-state index is -1.03. The van der Waals surface area contributed by atoms with E-state index >= 15 is 0 Å². The minimum absolute atomic E-state index is 0.109. The van der Waals surface area contributed by atoms with Crippen molar-refractivity contribution in [3.63, 3.8) is 0 Å². The molecule has 0 aliphatic rings. The zero-order valence-electron chi connectivity index (χ0n) is 11.4. The van der Waals surface area contributed by atoms with Gasteiger partial charge in [0.25, 0.3) is 0 Å². The highest BCUT2D eigenvalue weighted by Crippen LogP contribution is 2.23. The first-order valence-electron chi connectivity index (χ1n) is 6.31. The fourth-order valence-electron chi connectivity index (χ4n) is 1.57. The number of para-hydroxylation sites is 1. The quantitative estimate of drug-likeness (QED) is 0.797. The topological polar surface area (TPSA) is 75.6 Å². The van der Waals surface area contributed by atoms with Crippen LogP contribution in [-0.4, -0.2) is 29.6 Å². The lowest BCUT2D eigenvalue weighted by molar-refractivity contribution is -0.143. The number of aliphatic carboxylic acids is 1. The van der Waals surface area contributed by atoms with Gasteiger partial charge >= 0.3 is 5.97 Å². The Morgan fingerprint density at radius 2 is 2.00 bits per heavy atom. The van der Waals surface area contributed by atoms with Crippen molar-refractivity contribution >= 4 is 27.8 Å². The summed E-state index contributed by atoms with van der Waals surface area (Å²) in [7, 11) is 0. The van der Waals surface area contributed by atoms with Crippen LogP contribution in [0.15, 0.2) is 28.7 Å². The maximum atomic E-state index is 11.7. The summed E-state index contributed by atoms with van der Waals surface area (Å²) in [4.78, 5) is 22.6. The fraction of sp³-hybridized carbons (Fsp3) is 0.429. The van der Waals surface area contributed by atoms with Crippen LogP contribution in [0.4, 0.5) is 0 Å². The number of nitrogens with one attached hydrogen (secondary N) is 1. The summed E-state index contributed by atoms with van der Waals surface area (Å²) >= 11 is 3.34. The average Bonchev–Trinajstić information content (AvgIpc) is 2.37. The molecular formula is C14H18BrNO4. The molecule has 6 heteroatoms. The van der Waals surface area contributed by atoms with Gasteiger partial charge in [-0.25, -0.2) is 4.79 Å². The molecule has 0 spiro atoms. The molecule has 0 heterocycles. The SMILES string of the molecule is CC(C)[C@H](NC(=O)CCOc1ccccc1Br)C(=O)O. The molecule has 1 amide bonds. The molecule has 5 nitrogen and oxygen atoms in total. The van der Waals surface area contributed by atoms with Gasteiger partial charge < -0.3 is 15.2 Å². The van der Waals surface area contributed by atoms with Crippen LogP contribution < -0.4 is 10.1 Å². The normalized spacial score (nSPS) is 12.0. The molecule has 1 aromatic carbocycles. The number of carbonyl (C=O) groups excluding carboxylic acids is 1. The van der Waals surface area contributed by atoms with Crippen LogP contribution in [-0.2, 0) is 9.59 Å². The number of benzene rings is 1. The Balaban J connectivity index is 2.40. The number of carboxylic acid groups (broad SMARTS) is 1. The van der Waals surface area contributed by atoms with Crippen molar-refractivity contribution in [1.29, 1.82) is 0 Å². The van der Waals surface area contributed by atoms with Crippen LogP contribution in [0.25, 0.3) is 0 Å². The van der Waals surface area contributed by atoms with Crippen LogP contribution in [0.1, 0.15) is 20.3 Å². The predicted molar refractivity (Wildman–Crippen MR) is 78.7 cm³/mol. The van der Waals surface area contributed by atoms with Crippen molar-refractivity contribution in [3.8, 4) is 5.75 Å². The number of ether oxygens (including phenoxy) is 1. The van der Waals surface area contributed by atoms with E-state index in [0.29, 0.717) is 5.75 Å². The highest BCUT2D eigenvalue weighted by Gasteiger charge is 2.23. The number of carboxylic acids is 1. The average molecular weight is 344 g/mol. The van der Waals surface area contributed by atoms with Crippen molar-refractivity contribution in [1.82, 2.24) is 5.32 Å². The monoisotopic (exact) mass is 343 g/mol. The summed E-state index contributed by atoms with van der Waals surface area (Å²) in [6.45, 7) is 3.69. The maximum absolute atomic E-state index is 11.7. The summed E-state index contributed by atoms with van der Waals surface area (Å²) in [5, 5.41) is 11.5. The van der Waals surface area contributed by atoms with Crippen LogP contribution in [0, 0.1) is 5.92 Å². The van der Waals surface area contributed by atoms with Gasteiger partial charge in [-0.15, -0.1) is 0 Å². The molecule has 2 N–H and O–H groups in total. The van der Waals surface area contributed by atoms with Gasteiger partial charge in [0.15, 0.2) is 0 Å². The molecule has 1 atom stereocenters. The molecule has 1 rings (SSSR count). The number of rotatable bonds is 7. The van der Waals surface area contributed by atoms with Crippen LogP contribution in [0.2, 0.25) is 0 Å². The summed E-state index contributed by atoms with van der Waals surface area (Å²) in [6, 6.07) is 6.46. The molecule has 0 fully saturated rings. The van der Waals surface area contributed by atoms with Gasteiger partial charge in [-0.1, -0.05) is 26.0 Å².